The van der Waals surface area contributed by atoms with Crippen molar-refractivity contribution in [2.75, 3.05) is 6.54 Å². The summed E-state index contributed by atoms with van der Waals surface area (Å²) in [4.78, 5) is 10.1. The maximum absolute atomic E-state index is 10.1. The van der Waals surface area contributed by atoms with Crippen LogP contribution in [0.2, 0.25) is 0 Å². The number of aliphatic carboxylic acids is 1. The third kappa shape index (κ3) is 4.42. The molecule has 0 aliphatic rings. The number of carboxylic acids is 1. The maximum atomic E-state index is 10.1. The lowest BCUT2D eigenvalue weighted by Gasteiger charge is -2.00. The summed E-state index contributed by atoms with van der Waals surface area (Å²) in [7, 11) is 0. The number of benzene rings is 1. The molecular formula is C11H13NO2. The standard InChI is InChI=1S/C11H13NO2/c13-11(14)7-4-8-12-9-10-5-2-1-3-6-10/h1-7,12H,8-9H2,(H,13,14). The monoisotopic (exact) mass is 191 g/mol. The quantitative estimate of drug-likeness (QED) is 0.546. The molecule has 0 aliphatic carbocycles. The normalized spacial score (nSPS) is 10.6. The molecule has 1 aromatic rings. The number of hydrogen-bond acceptors (Lipinski definition) is 2. The molecule has 14 heavy (non-hydrogen) atoms. The maximum Gasteiger partial charge on any atom is 0.328 e. The van der Waals surface area contributed by atoms with Gasteiger partial charge in [0.2, 0.25) is 0 Å². The second-order valence-electron chi connectivity index (χ2n) is 2.86. The summed E-state index contributed by atoms with van der Waals surface area (Å²) in [5.41, 5.74) is 1.19. The first-order valence-electron chi connectivity index (χ1n) is 4.43. The predicted octanol–water partition coefficient (Wildman–Crippen LogP) is 1.42. The Morgan fingerprint density at radius 2 is 2.07 bits per heavy atom. The average molecular weight is 191 g/mol. The van der Waals surface area contributed by atoms with Crippen LogP contribution in [-0.4, -0.2) is 17.6 Å². The summed E-state index contributed by atoms with van der Waals surface area (Å²) in [6, 6.07) is 9.96. The van der Waals surface area contributed by atoms with E-state index < -0.39 is 5.97 Å². The van der Waals surface area contributed by atoms with Crippen LogP contribution in [0.5, 0.6) is 0 Å². The Morgan fingerprint density at radius 3 is 2.71 bits per heavy atom. The van der Waals surface area contributed by atoms with Crippen LogP contribution in [0.3, 0.4) is 0 Å². The molecule has 0 saturated carbocycles. The molecule has 0 bridgehead atoms. The Morgan fingerprint density at radius 1 is 1.36 bits per heavy atom. The second kappa shape index (κ2) is 5.94. The van der Waals surface area contributed by atoms with Gasteiger partial charge in [0.05, 0.1) is 0 Å². The largest absolute Gasteiger partial charge is 0.478 e. The highest BCUT2D eigenvalue weighted by atomic mass is 16.4. The lowest BCUT2D eigenvalue weighted by molar-refractivity contribution is -0.131. The third-order valence-electron chi connectivity index (χ3n) is 1.69. The van der Waals surface area contributed by atoms with Crippen molar-refractivity contribution in [3.63, 3.8) is 0 Å². The van der Waals surface area contributed by atoms with Gasteiger partial charge in [-0.2, -0.15) is 0 Å². The first kappa shape index (κ1) is 10.5. The second-order valence-corrected chi connectivity index (χ2v) is 2.86. The zero-order valence-corrected chi connectivity index (χ0v) is 7.81. The molecule has 2 N–H and O–H groups in total. The van der Waals surface area contributed by atoms with E-state index in [4.69, 9.17) is 5.11 Å². The van der Waals surface area contributed by atoms with Gasteiger partial charge in [0.15, 0.2) is 0 Å². The number of carboxylic acid groups (broad SMARTS) is 1. The number of nitrogens with one attached hydrogen (secondary N) is 1. The zero-order valence-electron chi connectivity index (χ0n) is 7.81. The molecule has 3 nitrogen and oxygen atoms in total. The van der Waals surface area contributed by atoms with Crippen LogP contribution in [0.25, 0.3) is 0 Å². The van der Waals surface area contributed by atoms with Gasteiger partial charge in [0, 0.05) is 19.2 Å². The van der Waals surface area contributed by atoms with Gasteiger partial charge in [-0.3, -0.25) is 0 Å². The van der Waals surface area contributed by atoms with Gasteiger partial charge in [-0.25, -0.2) is 4.79 Å². The first-order valence-corrected chi connectivity index (χ1v) is 4.43. The molecular weight excluding hydrogens is 178 g/mol. The van der Waals surface area contributed by atoms with Crippen LogP contribution in [0.1, 0.15) is 5.56 Å². The van der Waals surface area contributed by atoms with E-state index >= 15 is 0 Å². The molecule has 0 unspecified atom stereocenters. The van der Waals surface area contributed by atoms with Crippen molar-refractivity contribution in [1.82, 2.24) is 5.32 Å². The molecule has 0 fully saturated rings. The third-order valence-corrected chi connectivity index (χ3v) is 1.69. The lowest BCUT2D eigenvalue weighted by atomic mass is 10.2. The van der Waals surface area contributed by atoms with Crippen molar-refractivity contribution in [2.45, 2.75) is 6.54 Å². The van der Waals surface area contributed by atoms with E-state index in [2.05, 4.69) is 5.32 Å². The molecule has 0 aromatic heterocycles. The molecule has 0 radical (unpaired) electrons. The van der Waals surface area contributed by atoms with E-state index in [1.165, 1.54) is 5.56 Å². The highest BCUT2D eigenvalue weighted by Crippen LogP contribution is 1.96. The van der Waals surface area contributed by atoms with Crippen LogP contribution >= 0.6 is 0 Å². The fourth-order valence-corrected chi connectivity index (χ4v) is 1.06. The highest BCUT2D eigenvalue weighted by molar-refractivity contribution is 5.79. The van der Waals surface area contributed by atoms with Crippen LogP contribution in [0, 0.1) is 0 Å². The summed E-state index contributed by atoms with van der Waals surface area (Å²) in [6.07, 6.45) is 2.73. The molecule has 0 spiro atoms. The number of rotatable bonds is 5. The molecule has 0 amide bonds. The van der Waals surface area contributed by atoms with Crippen molar-refractivity contribution < 1.29 is 9.90 Å². The fraction of sp³-hybridized carbons (Fsp3) is 0.182. The van der Waals surface area contributed by atoms with Gasteiger partial charge in [0.1, 0.15) is 0 Å². The summed E-state index contributed by atoms with van der Waals surface area (Å²) in [5, 5.41) is 11.4. The Balaban J connectivity index is 2.19. The molecule has 0 heterocycles. The van der Waals surface area contributed by atoms with Crippen molar-refractivity contribution in [2.24, 2.45) is 0 Å². The Labute approximate surface area is 83.1 Å². The van der Waals surface area contributed by atoms with Gasteiger partial charge >= 0.3 is 5.97 Å². The van der Waals surface area contributed by atoms with E-state index in [-0.39, 0.29) is 0 Å². The van der Waals surface area contributed by atoms with E-state index in [0.717, 1.165) is 12.6 Å². The minimum absolute atomic E-state index is 0.571. The van der Waals surface area contributed by atoms with Crippen molar-refractivity contribution >= 4 is 5.97 Å². The average Bonchev–Trinajstić information content (AvgIpc) is 2.18. The van der Waals surface area contributed by atoms with Gasteiger partial charge in [-0.15, -0.1) is 0 Å². The van der Waals surface area contributed by atoms with Gasteiger partial charge in [0.25, 0.3) is 0 Å². The molecule has 0 saturated heterocycles. The highest BCUT2D eigenvalue weighted by Gasteiger charge is 1.88. The van der Waals surface area contributed by atoms with Gasteiger partial charge in [-0.05, 0) is 5.56 Å². The van der Waals surface area contributed by atoms with Crippen LogP contribution < -0.4 is 5.32 Å². The number of carbonyl (C=O) groups is 1. The Kier molecular flexibility index (Phi) is 4.44. The molecule has 1 rings (SSSR count). The van der Waals surface area contributed by atoms with Gasteiger partial charge in [-0.1, -0.05) is 36.4 Å². The number of hydrogen-bond donors (Lipinski definition) is 2. The Bertz CT molecular complexity index is 306. The van der Waals surface area contributed by atoms with Crippen LogP contribution in [0.4, 0.5) is 0 Å². The first-order chi connectivity index (χ1) is 6.79. The van der Waals surface area contributed by atoms with Crippen molar-refractivity contribution in [3.8, 4) is 0 Å². The molecule has 0 atom stereocenters. The fourth-order valence-electron chi connectivity index (χ4n) is 1.06. The minimum Gasteiger partial charge on any atom is -0.478 e. The van der Waals surface area contributed by atoms with Crippen molar-refractivity contribution in [1.29, 1.82) is 0 Å². The predicted molar refractivity (Wildman–Crippen MR) is 54.9 cm³/mol. The summed E-state index contributed by atoms with van der Waals surface area (Å²) < 4.78 is 0. The zero-order chi connectivity index (χ0) is 10.2. The van der Waals surface area contributed by atoms with E-state index in [0.29, 0.717) is 6.54 Å². The van der Waals surface area contributed by atoms with E-state index in [1.807, 2.05) is 30.3 Å². The summed E-state index contributed by atoms with van der Waals surface area (Å²) in [5.74, 6) is -0.911. The van der Waals surface area contributed by atoms with E-state index in [1.54, 1.807) is 6.08 Å². The lowest BCUT2D eigenvalue weighted by Crippen LogP contribution is -2.12. The van der Waals surface area contributed by atoms with Gasteiger partial charge < -0.3 is 10.4 Å². The van der Waals surface area contributed by atoms with Crippen LogP contribution in [0.15, 0.2) is 42.5 Å². The van der Waals surface area contributed by atoms with E-state index in [9.17, 15) is 4.79 Å². The Hall–Kier alpha value is -1.61. The summed E-state index contributed by atoms with van der Waals surface area (Å²) in [6.45, 7) is 1.33. The molecule has 1 aromatic carbocycles. The minimum atomic E-state index is -0.911. The molecule has 0 aliphatic heterocycles. The molecule has 3 heteroatoms. The van der Waals surface area contributed by atoms with Crippen molar-refractivity contribution in [3.05, 3.63) is 48.0 Å². The molecule has 74 valence electrons. The summed E-state index contributed by atoms with van der Waals surface area (Å²) >= 11 is 0. The topological polar surface area (TPSA) is 49.3 Å². The smallest absolute Gasteiger partial charge is 0.328 e. The van der Waals surface area contributed by atoms with Crippen LogP contribution in [-0.2, 0) is 11.3 Å². The SMILES string of the molecule is O=C(O)C=CCNCc1ccccc1.